The van der Waals surface area contributed by atoms with Crippen molar-refractivity contribution in [3.8, 4) is 0 Å². The highest BCUT2D eigenvalue weighted by atomic mass is 16.3. The first-order valence-electron chi connectivity index (χ1n) is 8.51. The first-order valence-corrected chi connectivity index (χ1v) is 8.51. The van der Waals surface area contributed by atoms with Crippen LogP contribution in [0, 0.1) is 29.1 Å². The molecule has 20 heavy (non-hydrogen) atoms. The maximum absolute atomic E-state index is 11.6. The van der Waals surface area contributed by atoms with Crippen LogP contribution >= 0.6 is 0 Å². The second kappa shape index (κ2) is 4.43. The van der Waals surface area contributed by atoms with E-state index in [4.69, 9.17) is 0 Å². The van der Waals surface area contributed by atoms with E-state index in [1.807, 2.05) is 6.08 Å². The van der Waals surface area contributed by atoms with Gasteiger partial charge in [-0.25, -0.2) is 0 Å². The molecule has 3 saturated carbocycles. The van der Waals surface area contributed by atoms with Crippen molar-refractivity contribution in [2.75, 3.05) is 0 Å². The van der Waals surface area contributed by atoms with Gasteiger partial charge in [0.15, 0.2) is 5.78 Å². The van der Waals surface area contributed by atoms with Crippen molar-refractivity contribution in [2.45, 2.75) is 64.4 Å². The summed E-state index contributed by atoms with van der Waals surface area (Å²) in [5, 5.41) is 10.4. The van der Waals surface area contributed by atoms with Crippen LogP contribution in [0.4, 0.5) is 0 Å². The number of aliphatic hydroxyl groups excluding tert-OH is 1. The van der Waals surface area contributed by atoms with Gasteiger partial charge in [0.25, 0.3) is 0 Å². The van der Waals surface area contributed by atoms with E-state index in [9.17, 15) is 9.90 Å². The lowest BCUT2D eigenvalue weighted by Gasteiger charge is -2.53. The SMILES string of the molecule is C[C@]12CCC3C(CCC4=CC(=O)CC[C@@H]43)C1CCC2O. The fraction of sp³-hybridized carbons (Fsp3) is 0.833. The third kappa shape index (κ3) is 1.70. The Hall–Kier alpha value is -0.630. The van der Waals surface area contributed by atoms with Gasteiger partial charge in [0.05, 0.1) is 6.10 Å². The number of carbonyl (C=O) groups is 1. The van der Waals surface area contributed by atoms with Crippen molar-refractivity contribution < 1.29 is 9.90 Å². The van der Waals surface area contributed by atoms with E-state index in [1.54, 1.807) is 0 Å². The molecule has 0 radical (unpaired) electrons. The van der Waals surface area contributed by atoms with E-state index >= 15 is 0 Å². The van der Waals surface area contributed by atoms with Crippen molar-refractivity contribution in [3.63, 3.8) is 0 Å². The number of allylic oxidation sites excluding steroid dienone is 1. The van der Waals surface area contributed by atoms with Gasteiger partial charge in [0.2, 0.25) is 0 Å². The summed E-state index contributed by atoms with van der Waals surface area (Å²) in [5.74, 6) is 3.38. The van der Waals surface area contributed by atoms with Crippen LogP contribution in [0.3, 0.4) is 0 Å². The van der Waals surface area contributed by atoms with E-state index in [0.717, 1.165) is 43.4 Å². The average molecular weight is 274 g/mol. The Kier molecular flexibility index (Phi) is 2.89. The molecule has 0 aromatic rings. The number of ketones is 1. The van der Waals surface area contributed by atoms with Crippen LogP contribution in [0.25, 0.3) is 0 Å². The molecule has 110 valence electrons. The van der Waals surface area contributed by atoms with Crippen LogP contribution in [0.2, 0.25) is 0 Å². The van der Waals surface area contributed by atoms with Crippen LogP contribution in [-0.2, 0) is 4.79 Å². The third-order valence-corrected chi connectivity index (χ3v) is 7.25. The zero-order valence-electron chi connectivity index (χ0n) is 12.5. The van der Waals surface area contributed by atoms with Crippen molar-refractivity contribution in [2.24, 2.45) is 29.1 Å². The molecule has 0 aliphatic heterocycles. The molecule has 0 saturated heterocycles. The zero-order chi connectivity index (χ0) is 13.9. The summed E-state index contributed by atoms with van der Waals surface area (Å²) < 4.78 is 0. The highest BCUT2D eigenvalue weighted by molar-refractivity contribution is 5.91. The van der Waals surface area contributed by atoms with Crippen LogP contribution < -0.4 is 0 Å². The van der Waals surface area contributed by atoms with Crippen molar-refractivity contribution >= 4 is 5.78 Å². The summed E-state index contributed by atoms with van der Waals surface area (Å²) in [6.45, 7) is 2.33. The van der Waals surface area contributed by atoms with Crippen LogP contribution in [-0.4, -0.2) is 17.0 Å². The van der Waals surface area contributed by atoms with Crippen molar-refractivity contribution in [3.05, 3.63) is 11.6 Å². The molecule has 4 aliphatic carbocycles. The normalized spacial score (nSPS) is 51.0. The van der Waals surface area contributed by atoms with Crippen LogP contribution in [0.1, 0.15) is 58.3 Å². The predicted octanol–water partition coefficient (Wildman–Crippen LogP) is 3.49. The highest BCUT2D eigenvalue weighted by Gasteiger charge is 2.55. The summed E-state index contributed by atoms with van der Waals surface area (Å²) >= 11 is 0. The van der Waals surface area contributed by atoms with Crippen LogP contribution in [0.5, 0.6) is 0 Å². The van der Waals surface area contributed by atoms with Gasteiger partial charge < -0.3 is 5.11 Å². The summed E-state index contributed by atoms with van der Waals surface area (Å²) in [7, 11) is 0. The maximum Gasteiger partial charge on any atom is 0.155 e. The Morgan fingerprint density at radius 2 is 1.95 bits per heavy atom. The molecule has 4 aliphatic rings. The summed E-state index contributed by atoms with van der Waals surface area (Å²) in [6, 6.07) is 0. The Balaban J connectivity index is 1.63. The van der Waals surface area contributed by atoms with E-state index in [-0.39, 0.29) is 11.5 Å². The fourth-order valence-corrected chi connectivity index (χ4v) is 6.15. The van der Waals surface area contributed by atoms with Crippen molar-refractivity contribution in [1.82, 2.24) is 0 Å². The molecule has 0 aromatic heterocycles. The number of hydrogen-bond donors (Lipinski definition) is 1. The second-order valence-electron chi connectivity index (χ2n) is 7.94. The molecule has 0 amide bonds. The van der Waals surface area contributed by atoms with E-state index < -0.39 is 0 Å². The lowest BCUT2D eigenvalue weighted by molar-refractivity contribution is -0.116. The molecule has 2 heteroatoms. The average Bonchev–Trinajstić information content (AvgIpc) is 2.74. The zero-order valence-corrected chi connectivity index (χ0v) is 12.5. The minimum Gasteiger partial charge on any atom is -0.393 e. The van der Waals surface area contributed by atoms with E-state index in [0.29, 0.717) is 11.7 Å². The molecule has 0 spiro atoms. The number of aliphatic hydroxyl groups is 1. The van der Waals surface area contributed by atoms with Crippen molar-refractivity contribution in [1.29, 1.82) is 0 Å². The number of fused-ring (bicyclic) bond motifs is 5. The van der Waals surface area contributed by atoms with Gasteiger partial charge in [-0.1, -0.05) is 12.5 Å². The minimum atomic E-state index is -0.0710. The predicted molar refractivity (Wildman–Crippen MR) is 78.1 cm³/mol. The standard InChI is InChI=1S/C18H26O2/c1-18-9-8-14-13-5-3-12(19)10-11(13)2-4-15(14)16(18)6-7-17(18)20/h10,13-17,20H,2-9H2,1H3/t13-,14?,15?,16?,17?,18-/m0/s1. The van der Waals surface area contributed by atoms with Gasteiger partial charge in [-0.2, -0.15) is 0 Å². The molecule has 1 N–H and O–H groups in total. The molecule has 3 fully saturated rings. The van der Waals surface area contributed by atoms with Gasteiger partial charge in [0, 0.05) is 6.42 Å². The minimum absolute atomic E-state index is 0.0710. The quantitative estimate of drug-likeness (QED) is 0.734. The largest absolute Gasteiger partial charge is 0.393 e. The molecule has 0 aromatic carbocycles. The Bertz CT molecular complexity index is 466. The summed E-state index contributed by atoms with van der Waals surface area (Å²) in [5.41, 5.74) is 1.65. The first kappa shape index (κ1) is 13.1. The monoisotopic (exact) mass is 274 g/mol. The number of carbonyl (C=O) groups excluding carboxylic acids is 1. The summed E-state index contributed by atoms with van der Waals surface area (Å²) in [6.07, 6.45) is 10.9. The summed E-state index contributed by atoms with van der Waals surface area (Å²) in [4.78, 5) is 11.6. The molecular formula is C18H26O2. The number of rotatable bonds is 0. The molecule has 0 bridgehead atoms. The molecule has 6 atom stereocenters. The molecule has 4 rings (SSSR count). The molecule has 2 nitrogen and oxygen atoms in total. The Labute approximate surface area is 121 Å². The second-order valence-corrected chi connectivity index (χ2v) is 7.94. The molecule has 4 unspecified atom stereocenters. The third-order valence-electron chi connectivity index (χ3n) is 7.25. The molecular weight excluding hydrogens is 248 g/mol. The van der Waals surface area contributed by atoms with E-state index in [1.165, 1.54) is 31.3 Å². The van der Waals surface area contributed by atoms with E-state index in [2.05, 4.69) is 6.92 Å². The molecule has 0 heterocycles. The van der Waals surface area contributed by atoms with Gasteiger partial charge in [0.1, 0.15) is 0 Å². The fourth-order valence-electron chi connectivity index (χ4n) is 6.15. The van der Waals surface area contributed by atoms with Gasteiger partial charge in [-0.05, 0) is 80.1 Å². The highest BCUT2D eigenvalue weighted by Crippen LogP contribution is 2.61. The lowest BCUT2D eigenvalue weighted by Crippen LogP contribution is -2.47. The lowest BCUT2D eigenvalue weighted by atomic mass is 9.52. The van der Waals surface area contributed by atoms with Crippen LogP contribution in [0.15, 0.2) is 11.6 Å². The maximum atomic E-state index is 11.6. The number of hydrogen-bond acceptors (Lipinski definition) is 2. The topological polar surface area (TPSA) is 37.3 Å². The van der Waals surface area contributed by atoms with Gasteiger partial charge >= 0.3 is 0 Å². The Morgan fingerprint density at radius 3 is 2.80 bits per heavy atom. The van der Waals surface area contributed by atoms with Gasteiger partial charge in [-0.3, -0.25) is 4.79 Å². The first-order chi connectivity index (χ1) is 9.59. The smallest absolute Gasteiger partial charge is 0.155 e. The van der Waals surface area contributed by atoms with Gasteiger partial charge in [-0.15, -0.1) is 0 Å². The Morgan fingerprint density at radius 1 is 1.10 bits per heavy atom.